The van der Waals surface area contributed by atoms with Gasteiger partial charge in [0.05, 0.1) is 19.1 Å². The average Bonchev–Trinajstić information content (AvgIpc) is 2.89. The lowest BCUT2D eigenvalue weighted by Crippen LogP contribution is -2.05. The number of hydrogen-bond donors (Lipinski definition) is 0. The molecule has 0 radical (unpaired) electrons. The number of nitrogens with zero attached hydrogens (tertiary/aromatic N) is 3. The van der Waals surface area contributed by atoms with Gasteiger partial charge < -0.3 is 8.92 Å². The van der Waals surface area contributed by atoms with E-state index in [9.17, 15) is 8.42 Å². The third-order valence-corrected chi connectivity index (χ3v) is 3.43. The number of methoxy groups -OCH3 is 1. The van der Waals surface area contributed by atoms with Gasteiger partial charge in [0, 0.05) is 30.2 Å². The van der Waals surface area contributed by atoms with Crippen molar-refractivity contribution in [3.63, 3.8) is 0 Å². The van der Waals surface area contributed by atoms with Crippen LogP contribution in [0.15, 0.2) is 42.9 Å². The predicted octanol–water partition coefficient (Wildman–Crippen LogP) is 2.17. The zero-order chi connectivity index (χ0) is 15.7. The summed E-state index contributed by atoms with van der Waals surface area (Å²) in [6, 6.07) is 6.56. The largest absolute Gasteiger partial charge is 0.496 e. The molecule has 0 saturated heterocycles. The van der Waals surface area contributed by atoms with Crippen molar-refractivity contribution in [2.24, 2.45) is 0 Å². The molecule has 0 unspecified atom stereocenters. The summed E-state index contributed by atoms with van der Waals surface area (Å²) in [6.07, 6.45) is 6.30. The molecule has 0 bridgehead atoms. The number of aromatic nitrogens is 3. The maximum absolute atomic E-state index is 11.2. The molecule has 9 heteroatoms. The number of rotatable bonds is 4. The highest BCUT2D eigenvalue weighted by Gasteiger charge is 2.13. The normalized spacial score (nSPS) is 11.0. The van der Waals surface area contributed by atoms with Gasteiger partial charge in [0.2, 0.25) is 5.78 Å². The Labute approximate surface area is 139 Å². The SMILES string of the molecule is COc1cc(OS(C)(=O)=O)ccc1-c1cn2cccnc2n1.Cl. The highest BCUT2D eigenvalue weighted by Crippen LogP contribution is 2.33. The Kier molecular flexibility index (Phi) is 4.76. The minimum absolute atomic E-state index is 0. The van der Waals surface area contributed by atoms with Crippen molar-refractivity contribution in [3.05, 3.63) is 42.9 Å². The van der Waals surface area contributed by atoms with E-state index in [2.05, 4.69) is 9.97 Å². The zero-order valence-corrected chi connectivity index (χ0v) is 14.0. The van der Waals surface area contributed by atoms with Crippen molar-refractivity contribution in [1.29, 1.82) is 0 Å². The molecule has 0 aliphatic heterocycles. The van der Waals surface area contributed by atoms with E-state index in [0.717, 1.165) is 6.26 Å². The van der Waals surface area contributed by atoms with Gasteiger partial charge in [-0.3, -0.25) is 4.40 Å². The number of halogens is 1. The van der Waals surface area contributed by atoms with Crippen molar-refractivity contribution in [2.75, 3.05) is 13.4 Å². The number of benzene rings is 1. The van der Waals surface area contributed by atoms with Gasteiger partial charge in [-0.1, -0.05) is 0 Å². The smallest absolute Gasteiger partial charge is 0.306 e. The van der Waals surface area contributed by atoms with Crippen LogP contribution in [0.3, 0.4) is 0 Å². The number of hydrogen-bond acceptors (Lipinski definition) is 6. The van der Waals surface area contributed by atoms with E-state index in [1.54, 1.807) is 28.8 Å². The lowest BCUT2D eigenvalue weighted by molar-refractivity contribution is 0.413. The highest BCUT2D eigenvalue weighted by molar-refractivity contribution is 7.86. The molecular weight excluding hydrogens is 342 g/mol. The molecule has 7 nitrogen and oxygen atoms in total. The molecule has 2 aromatic heterocycles. The predicted molar refractivity (Wildman–Crippen MR) is 87.7 cm³/mol. The molecule has 122 valence electrons. The van der Waals surface area contributed by atoms with Crippen LogP contribution in [0.2, 0.25) is 0 Å². The van der Waals surface area contributed by atoms with Crippen molar-refractivity contribution in [1.82, 2.24) is 14.4 Å². The molecule has 1 aromatic carbocycles. The average molecular weight is 356 g/mol. The maximum atomic E-state index is 11.2. The van der Waals surface area contributed by atoms with Crippen LogP contribution in [0.1, 0.15) is 0 Å². The van der Waals surface area contributed by atoms with Crippen LogP contribution < -0.4 is 8.92 Å². The molecule has 3 rings (SSSR count). The summed E-state index contributed by atoms with van der Waals surface area (Å²) in [7, 11) is -2.09. The third-order valence-electron chi connectivity index (χ3n) is 2.93. The van der Waals surface area contributed by atoms with Gasteiger partial charge in [0.1, 0.15) is 11.5 Å². The van der Waals surface area contributed by atoms with Crippen LogP contribution >= 0.6 is 12.4 Å². The molecular formula is C14H14ClN3O4S. The van der Waals surface area contributed by atoms with E-state index < -0.39 is 10.1 Å². The van der Waals surface area contributed by atoms with Crippen molar-refractivity contribution in [2.45, 2.75) is 0 Å². The number of imidazole rings is 1. The second-order valence-electron chi connectivity index (χ2n) is 4.60. The van der Waals surface area contributed by atoms with Gasteiger partial charge >= 0.3 is 10.1 Å². The van der Waals surface area contributed by atoms with Gasteiger partial charge in [0.25, 0.3) is 0 Å². The van der Waals surface area contributed by atoms with Gasteiger partial charge in [-0.05, 0) is 18.2 Å². The Balaban J connectivity index is 0.00000192. The van der Waals surface area contributed by atoms with Gasteiger partial charge in [-0.2, -0.15) is 8.42 Å². The fourth-order valence-corrected chi connectivity index (χ4v) is 2.52. The van der Waals surface area contributed by atoms with Gasteiger partial charge in [0.15, 0.2) is 0 Å². The minimum Gasteiger partial charge on any atom is -0.496 e. The Bertz CT molecular complexity index is 907. The Morgan fingerprint density at radius 3 is 2.70 bits per heavy atom. The zero-order valence-electron chi connectivity index (χ0n) is 12.3. The number of ether oxygens (including phenoxy) is 1. The van der Waals surface area contributed by atoms with Crippen LogP contribution in [-0.4, -0.2) is 36.2 Å². The summed E-state index contributed by atoms with van der Waals surface area (Å²) >= 11 is 0. The highest BCUT2D eigenvalue weighted by atomic mass is 35.5. The molecule has 0 N–H and O–H groups in total. The minimum atomic E-state index is -3.59. The molecule has 0 aliphatic rings. The maximum Gasteiger partial charge on any atom is 0.306 e. The van der Waals surface area contributed by atoms with Gasteiger partial charge in [-0.15, -0.1) is 12.4 Å². The standard InChI is InChI=1S/C14H13N3O4S.ClH/c1-20-13-8-10(21-22(2,18)19)4-5-11(13)12-9-17-7-3-6-15-14(17)16-12;/h3-9H,1-2H3;1H. The summed E-state index contributed by atoms with van der Waals surface area (Å²) in [5, 5.41) is 0. The molecule has 2 heterocycles. The van der Waals surface area contributed by atoms with Crippen LogP contribution in [0, 0.1) is 0 Å². The molecule has 23 heavy (non-hydrogen) atoms. The molecule has 3 aromatic rings. The topological polar surface area (TPSA) is 82.8 Å². The molecule has 0 saturated carbocycles. The summed E-state index contributed by atoms with van der Waals surface area (Å²) in [5.74, 6) is 1.21. The van der Waals surface area contributed by atoms with E-state index >= 15 is 0 Å². The van der Waals surface area contributed by atoms with Crippen LogP contribution in [-0.2, 0) is 10.1 Å². The van der Waals surface area contributed by atoms with E-state index in [0.29, 0.717) is 22.8 Å². The Morgan fingerprint density at radius 1 is 1.26 bits per heavy atom. The van der Waals surface area contributed by atoms with E-state index in [-0.39, 0.29) is 18.2 Å². The second kappa shape index (κ2) is 6.43. The van der Waals surface area contributed by atoms with Crippen molar-refractivity contribution >= 4 is 28.3 Å². The third kappa shape index (κ3) is 3.72. The lowest BCUT2D eigenvalue weighted by Gasteiger charge is -2.09. The monoisotopic (exact) mass is 355 g/mol. The Hall–Kier alpha value is -2.32. The van der Waals surface area contributed by atoms with Crippen molar-refractivity contribution in [3.8, 4) is 22.8 Å². The van der Waals surface area contributed by atoms with Crippen molar-refractivity contribution < 1.29 is 17.3 Å². The fraction of sp³-hybridized carbons (Fsp3) is 0.143. The first-order valence-electron chi connectivity index (χ1n) is 6.34. The fourth-order valence-electron chi connectivity index (χ4n) is 2.07. The molecule has 0 fully saturated rings. The summed E-state index contributed by atoms with van der Waals surface area (Å²) in [4.78, 5) is 8.56. The quantitative estimate of drug-likeness (QED) is 0.667. The van der Waals surface area contributed by atoms with E-state index in [4.69, 9.17) is 8.92 Å². The molecule has 0 spiro atoms. The Morgan fingerprint density at radius 2 is 2.04 bits per heavy atom. The molecule has 0 atom stereocenters. The van der Waals surface area contributed by atoms with E-state index in [1.807, 2.05) is 12.4 Å². The van der Waals surface area contributed by atoms with E-state index in [1.165, 1.54) is 13.2 Å². The lowest BCUT2D eigenvalue weighted by atomic mass is 10.1. The first-order valence-corrected chi connectivity index (χ1v) is 8.15. The second-order valence-corrected chi connectivity index (χ2v) is 6.18. The molecule has 0 amide bonds. The van der Waals surface area contributed by atoms with Crippen LogP contribution in [0.25, 0.3) is 17.0 Å². The first kappa shape index (κ1) is 17.0. The van der Waals surface area contributed by atoms with Gasteiger partial charge in [-0.25, -0.2) is 9.97 Å². The number of fused-ring (bicyclic) bond motifs is 1. The summed E-state index contributed by atoms with van der Waals surface area (Å²) in [6.45, 7) is 0. The first-order chi connectivity index (χ1) is 10.5. The summed E-state index contributed by atoms with van der Waals surface area (Å²) < 4.78 is 34.3. The van der Waals surface area contributed by atoms with Crippen LogP contribution in [0.5, 0.6) is 11.5 Å². The summed E-state index contributed by atoms with van der Waals surface area (Å²) in [5.41, 5.74) is 1.38. The molecule has 0 aliphatic carbocycles. The van der Waals surface area contributed by atoms with Crippen LogP contribution in [0.4, 0.5) is 0 Å².